The van der Waals surface area contributed by atoms with E-state index in [1.54, 1.807) is 0 Å². The SMILES string of the molecule is c1ccc(-c2ccc(-c3ccc(-c4ccc(-c5cc6c7ccc8ccccc8c7sc6c6nc7cc8ccccc8cc7n56)cc4)c4ccccc34)cc2)cc1. The van der Waals surface area contributed by atoms with Gasteiger partial charge in [-0.1, -0.05) is 176 Å². The number of imidazole rings is 1. The molecule has 3 heterocycles. The van der Waals surface area contributed by atoms with Crippen LogP contribution in [0.25, 0.3) is 114 Å². The number of benzene rings is 9. The zero-order valence-electron chi connectivity index (χ0n) is 30.3. The van der Waals surface area contributed by atoms with Gasteiger partial charge in [0.25, 0.3) is 0 Å². The minimum atomic E-state index is 1.01. The van der Waals surface area contributed by atoms with Crippen LogP contribution in [0.4, 0.5) is 0 Å². The van der Waals surface area contributed by atoms with Gasteiger partial charge in [0.15, 0.2) is 5.65 Å². The molecule has 3 heteroatoms. The zero-order valence-corrected chi connectivity index (χ0v) is 31.1. The minimum Gasteiger partial charge on any atom is -0.291 e. The maximum atomic E-state index is 5.38. The molecule has 0 aliphatic heterocycles. The highest BCUT2D eigenvalue weighted by atomic mass is 32.1. The highest BCUT2D eigenvalue weighted by molar-refractivity contribution is 7.27. The Balaban J connectivity index is 1.02. The Morgan fingerprint density at radius 3 is 1.61 bits per heavy atom. The molecule has 2 nitrogen and oxygen atoms in total. The van der Waals surface area contributed by atoms with Gasteiger partial charge >= 0.3 is 0 Å². The fourth-order valence-corrected chi connectivity index (χ4v) is 10.1. The smallest absolute Gasteiger partial charge is 0.156 e. The van der Waals surface area contributed by atoms with Gasteiger partial charge in [0.1, 0.15) is 0 Å². The first-order valence-electron chi connectivity index (χ1n) is 19.1. The van der Waals surface area contributed by atoms with Crippen molar-refractivity contribution in [3.8, 4) is 44.6 Å². The molecule has 0 aliphatic rings. The Morgan fingerprint density at radius 2 is 0.911 bits per heavy atom. The number of fused-ring (bicyclic) bond motifs is 11. The number of hydrogen-bond acceptors (Lipinski definition) is 2. The Hall–Kier alpha value is -7.07. The van der Waals surface area contributed by atoms with Crippen molar-refractivity contribution < 1.29 is 0 Å². The summed E-state index contributed by atoms with van der Waals surface area (Å²) in [6.45, 7) is 0. The lowest BCUT2D eigenvalue weighted by Crippen LogP contribution is -1.93. The number of pyridine rings is 1. The summed E-state index contributed by atoms with van der Waals surface area (Å²) < 4.78 is 4.93. The lowest BCUT2D eigenvalue weighted by Gasteiger charge is -2.14. The van der Waals surface area contributed by atoms with E-state index < -0.39 is 0 Å². The van der Waals surface area contributed by atoms with Crippen LogP contribution in [0.1, 0.15) is 0 Å². The summed E-state index contributed by atoms with van der Waals surface area (Å²) in [6.07, 6.45) is 0. The molecule has 12 rings (SSSR count). The van der Waals surface area contributed by atoms with Crippen molar-refractivity contribution >= 4 is 80.5 Å². The predicted octanol–water partition coefficient (Wildman–Crippen LogP) is 15.0. The van der Waals surface area contributed by atoms with E-state index >= 15 is 0 Å². The number of rotatable bonds is 4. The molecular formula is C53H32N2S. The van der Waals surface area contributed by atoms with Crippen molar-refractivity contribution in [1.82, 2.24) is 9.38 Å². The van der Waals surface area contributed by atoms with Crippen LogP contribution in [-0.2, 0) is 0 Å². The second kappa shape index (κ2) is 12.2. The van der Waals surface area contributed by atoms with E-state index in [-0.39, 0.29) is 0 Å². The van der Waals surface area contributed by atoms with Crippen LogP contribution in [0, 0.1) is 0 Å². The van der Waals surface area contributed by atoms with Crippen LogP contribution in [0.5, 0.6) is 0 Å². The van der Waals surface area contributed by atoms with E-state index in [0.717, 1.165) is 27.9 Å². The largest absolute Gasteiger partial charge is 0.291 e. The molecule has 260 valence electrons. The number of nitrogens with zero attached hydrogens (tertiary/aromatic N) is 2. The quantitative estimate of drug-likeness (QED) is 0.176. The molecule has 0 N–H and O–H groups in total. The first kappa shape index (κ1) is 31.3. The molecule has 0 saturated carbocycles. The summed E-state index contributed by atoms with van der Waals surface area (Å²) in [5, 5.41) is 10.0. The second-order valence-electron chi connectivity index (χ2n) is 14.7. The fourth-order valence-electron chi connectivity index (χ4n) is 8.82. The summed E-state index contributed by atoms with van der Waals surface area (Å²) >= 11 is 1.86. The summed E-state index contributed by atoms with van der Waals surface area (Å²) in [4.78, 5) is 5.38. The van der Waals surface area contributed by atoms with Crippen LogP contribution in [-0.4, -0.2) is 9.38 Å². The molecule has 3 aromatic heterocycles. The second-order valence-corrected chi connectivity index (χ2v) is 15.7. The van der Waals surface area contributed by atoms with E-state index in [2.05, 4.69) is 199 Å². The van der Waals surface area contributed by atoms with Crippen molar-refractivity contribution in [2.75, 3.05) is 0 Å². The zero-order chi connectivity index (χ0) is 36.7. The molecule has 0 aliphatic carbocycles. The Kier molecular flexibility index (Phi) is 6.83. The third-order valence-electron chi connectivity index (χ3n) is 11.6. The average Bonchev–Trinajstić information content (AvgIpc) is 3.84. The molecule has 0 amide bonds. The minimum absolute atomic E-state index is 1.01. The summed E-state index contributed by atoms with van der Waals surface area (Å²) in [5.74, 6) is 0. The standard InChI is InChI=1S/C53H32N2S/c1-2-10-33(11-3-1)34-18-20-36(21-19-34)41-28-29-42(45-17-9-8-16-44(41)45)37-22-24-38(25-23-37)49-32-47-46-27-26-35-12-6-7-15-43(35)51(46)56-52(47)53-54-48-30-39-13-4-5-14-40(39)31-50(48)55(49)53/h1-32H. The lowest BCUT2D eigenvalue weighted by molar-refractivity contribution is 1.25. The number of aromatic nitrogens is 2. The normalized spacial score (nSPS) is 11.9. The first-order valence-corrected chi connectivity index (χ1v) is 19.9. The monoisotopic (exact) mass is 728 g/mol. The number of thiophene rings is 1. The summed E-state index contributed by atoms with van der Waals surface area (Å²) in [5.41, 5.74) is 12.8. The van der Waals surface area contributed by atoms with E-state index in [1.807, 2.05) is 11.3 Å². The Labute approximate surface area is 327 Å². The maximum absolute atomic E-state index is 5.38. The number of hydrogen-bond donors (Lipinski definition) is 0. The van der Waals surface area contributed by atoms with Crippen LogP contribution < -0.4 is 0 Å². The van der Waals surface area contributed by atoms with Gasteiger partial charge in [0.05, 0.1) is 21.4 Å². The molecule has 0 saturated heterocycles. The molecule has 0 unspecified atom stereocenters. The van der Waals surface area contributed by atoms with E-state index in [9.17, 15) is 0 Å². The summed E-state index contributed by atoms with van der Waals surface area (Å²) in [6, 6.07) is 70.9. The molecule has 9 aromatic carbocycles. The van der Waals surface area contributed by atoms with Gasteiger partial charge in [0, 0.05) is 15.5 Å². The average molecular weight is 729 g/mol. The highest BCUT2D eigenvalue weighted by Gasteiger charge is 2.20. The Bertz CT molecular complexity index is 3500. The van der Waals surface area contributed by atoms with Gasteiger partial charge in [-0.2, -0.15) is 0 Å². The van der Waals surface area contributed by atoms with Crippen molar-refractivity contribution in [3.63, 3.8) is 0 Å². The molecule has 56 heavy (non-hydrogen) atoms. The van der Waals surface area contributed by atoms with Gasteiger partial charge in [0.2, 0.25) is 0 Å². The van der Waals surface area contributed by atoms with Gasteiger partial charge in [-0.3, -0.25) is 4.40 Å². The molecule has 0 atom stereocenters. The Morgan fingerprint density at radius 1 is 0.357 bits per heavy atom. The van der Waals surface area contributed by atoms with E-state index in [4.69, 9.17) is 4.98 Å². The van der Waals surface area contributed by atoms with Gasteiger partial charge in [-0.15, -0.1) is 11.3 Å². The highest BCUT2D eigenvalue weighted by Crippen LogP contribution is 2.44. The van der Waals surface area contributed by atoms with Crippen molar-refractivity contribution in [1.29, 1.82) is 0 Å². The molecule has 0 fully saturated rings. The third kappa shape index (κ3) is 4.78. The van der Waals surface area contributed by atoms with Crippen LogP contribution in [0.2, 0.25) is 0 Å². The van der Waals surface area contributed by atoms with Crippen LogP contribution >= 0.6 is 11.3 Å². The fraction of sp³-hybridized carbons (Fsp3) is 0. The lowest BCUT2D eigenvalue weighted by atomic mass is 9.91. The van der Waals surface area contributed by atoms with E-state index in [1.165, 1.54) is 85.9 Å². The molecule has 12 aromatic rings. The van der Waals surface area contributed by atoms with E-state index in [0.29, 0.717) is 0 Å². The van der Waals surface area contributed by atoms with Crippen molar-refractivity contribution in [2.24, 2.45) is 0 Å². The van der Waals surface area contributed by atoms with Gasteiger partial charge in [-0.05, 0) is 89.5 Å². The predicted molar refractivity (Wildman–Crippen MR) is 240 cm³/mol. The molecule has 0 bridgehead atoms. The van der Waals surface area contributed by atoms with Gasteiger partial charge in [-0.25, -0.2) is 4.98 Å². The molecule has 0 spiro atoms. The van der Waals surface area contributed by atoms with Crippen LogP contribution in [0.3, 0.4) is 0 Å². The first-order chi connectivity index (χ1) is 27.7. The topological polar surface area (TPSA) is 17.3 Å². The third-order valence-corrected chi connectivity index (χ3v) is 12.8. The maximum Gasteiger partial charge on any atom is 0.156 e. The van der Waals surface area contributed by atoms with Crippen molar-refractivity contribution in [2.45, 2.75) is 0 Å². The summed E-state index contributed by atoms with van der Waals surface area (Å²) in [7, 11) is 0. The van der Waals surface area contributed by atoms with Crippen LogP contribution in [0.15, 0.2) is 194 Å². The molecular weight excluding hydrogens is 697 g/mol. The molecule has 0 radical (unpaired) electrons. The van der Waals surface area contributed by atoms with Crippen molar-refractivity contribution in [3.05, 3.63) is 194 Å². The van der Waals surface area contributed by atoms with Gasteiger partial charge < -0.3 is 0 Å².